The molecule has 2 unspecified atom stereocenters. The zero-order valence-electron chi connectivity index (χ0n) is 11.3. The molecule has 0 saturated carbocycles. The summed E-state index contributed by atoms with van der Waals surface area (Å²) in [4.78, 5) is 10.8. The van der Waals surface area contributed by atoms with Crippen LogP contribution in [0.15, 0.2) is 40.8 Å². The largest absolute Gasteiger partial charge is 0.475 e. The van der Waals surface area contributed by atoms with Crippen molar-refractivity contribution in [2.45, 2.75) is 25.9 Å². The van der Waals surface area contributed by atoms with Crippen molar-refractivity contribution in [3.8, 4) is 0 Å². The third-order valence-electron chi connectivity index (χ3n) is 3.14. The van der Waals surface area contributed by atoms with Crippen LogP contribution in [-0.2, 0) is 0 Å². The lowest BCUT2D eigenvalue weighted by molar-refractivity contribution is 0.0659. The number of carbonyl (C=O) groups is 1. The van der Waals surface area contributed by atoms with Gasteiger partial charge in [-0.2, -0.15) is 0 Å². The molecular formula is C15H16ClNO3. The topological polar surface area (TPSA) is 62.5 Å². The van der Waals surface area contributed by atoms with Crippen molar-refractivity contribution >= 4 is 17.6 Å². The molecule has 0 bridgehead atoms. The fraction of sp³-hybridized carbons (Fsp3) is 0.267. The van der Waals surface area contributed by atoms with E-state index >= 15 is 0 Å². The van der Waals surface area contributed by atoms with Gasteiger partial charge in [0.05, 0.1) is 6.04 Å². The average molecular weight is 294 g/mol. The molecule has 4 nitrogen and oxygen atoms in total. The molecule has 0 spiro atoms. The molecular weight excluding hydrogens is 278 g/mol. The van der Waals surface area contributed by atoms with E-state index in [9.17, 15) is 4.79 Å². The molecule has 5 heteroatoms. The molecule has 0 aliphatic carbocycles. The summed E-state index contributed by atoms with van der Waals surface area (Å²) in [5, 5.41) is 12.9. The van der Waals surface area contributed by atoms with Gasteiger partial charge in [-0.3, -0.25) is 0 Å². The second-order valence-corrected chi connectivity index (χ2v) is 5.05. The van der Waals surface area contributed by atoms with Crippen LogP contribution in [0.25, 0.3) is 0 Å². The number of rotatable bonds is 5. The highest BCUT2D eigenvalue weighted by Gasteiger charge is 2.17. The zero-order chi connectivity index (χ0) is 14.7. The van der Waals surface area contributed by atoms with E-state index in [1.807, 2.05) is 38.1 Å². The molecule has 0 radical (unpaired) electrons. The molecule has 106 valence electrons. The molecule has 2 atom stereocenters. The van der Waals surface area contributed by atoms with Gasteiger partial charge in [0.25, 0.3) is 0 Å². The number of halogens is 1. The smallest absolute Gasteiger partial charge is 0.371 e. The Morgan fingerprint density at radius 3 is 2.50 bits per heavy atom. The van der Waals surface area contributed by atoms with Gasteiger partial charge in [0.15, 0.2) is 0 Å². The van der Waals surface area contributed by atoms with Crippen molar-refractivity contribution in [2.24, 2.45) is 0 Å². The Morgan fingerprint density at radius 2 is 1.90 bits per heavy atom. The predicted octanol–water partition coefficient (Wildman–Crippen LogP) is 4.04. The Labute approximate surface area is 122 Å². The van der Waals surface area contributed by atoms with Crippen LogP contribution >= 0.6 is 11.6 Å². The number of hydrogen-bond donors (Lipinski definition) is 2. The Hall–Kier alpha value is -1.78. The van der Waals surface area contributed by atoms with Gasteiger partial charge >= 0.3 is 5.97 Å². The third-order valence-corrected chi connectivity index (χ3v) is 3.48. The van der Waals surface area contributed by atoms with Crippen LogP contribution in [-0.4, -0.2) is 11.1 Å². The van der Waals surface area contributed by atoms with E-state index in [-0.39, 0.29) is 17.8 Å². The Balaban J connectivity index is 2.09. The molecule has 2 N–H and O–H groups in total. The van der Waals surface area contributed by atoms with Gasteiger partial charge in [0.1, 0.15) is 5.76 Å². The van der Waals surface area contributed by atoms with Gasteiger partial charge in [0, 0.05) is 11.1 Å². The van der Waals surface area contributed by atoms with Crippen molar-refractivity contribution < 1.29 is 14.3 Å². The van der Waals surface area contributed by atoms with Crippen molar-refractivity contribution in [3.05, 3.63) is 58.5 Å². The first-order valence-electron chi connectivity index (χ1n) is 6.32. The molecule has 0 aliphatic heterocycles. The van der Waals surface area contributed by atoms with E-state index in [2.05, 4.69) is 5.32 Å². The molecule has 0 aliphatic rings. The van der Waals surface area contributed by atoms with Crippen molar-refractivity contribution in [1.82, 2.24) is 5.32 Å². The number of hydrogen-bond acceptors (Lipinski definition) is 3. The van der Waals surface area contributed by atoms with E-state index in [1.54, 1.807) is 6.07 Å². The van der Waals surface area contributed by atoms with Gasteiger partial charge < -0.3 is 14.8 Å². The van der Waals surface area contributed by atoms with Crippen molar-refractivity contribution in [1.29, 1.82) is 0 Å². The zero-order valence-corrected chi connectivity index (χ0v) is 12.0. The summed E-state index contributed by atoms with van der Waals surface area (Å²) in [6, 6.07) is 10.6. The molecule has 2 rings (SSSR count). The Bertz CT molecular complexity index is 609. The lowest BCUT2D eigenvalue weighted by Crippen LogP contribution is -2.22. The predicted molar refractivity (Wildman–Crippen MR) is 77.1 cm³/mol. The van der Waals surface area contributed by atoms with E-state index in [0.29, 0.717) is 10.8 Å². The minimum Gasteiger partial charge on any atom is -0.475 e. The quantitative estimate of drug-likeness (QED) is 0.873. The van der Waals surface area contributed by atoms with E-state index in [0.717, 1.165) is 5.56 Å². The van der Waals surface area contributed by atoms with Gasteiger partial charge in [-0.05, 0) is 37.6 Å². The first-order chi connectivity index (χ1) is 9.49. The van der Waals surface area contributed by atoms with Crippen LogP contribution in [0.1, 0.15) is 47.8 Å². The van der Waals surface area contributed by atoms with Gasteiger partial charge in [0.2, 0.25) is 5.76 Å². The summed E-state index contributed by atoms with van der Waals surface area (Å²) in [7, 11) is 0. The van der Waals surface area contributed by atoms with Crippen LogP contribution in [0.4, 0.5) is 0 Å². The number of aromatic carboxylic acids is 1. The van der Waals surface area contributed by atoms with Crippen LogP contribution in [0.5, 0.6) is 0 Å². The third kappa shape index (κ3) is 3.21. The van der Waals surface area contributed by atoms with Crippen LogP contribution < -0.4 is 5.32 Å². The highest BCUT2D eigenvalue weighted by Crippen LogP contribution is 2.25. The Kier molecular flexibility index (Phi) is 4.47. The summed E-state index contributed by atoms with van der Waals surface area (Å²) in [6.45, 7) is 3.91. The second-order valence-electron chi connectivity index (χ2n) is 4.64. The SMILES string of the molecule is CC(NC(C)c1ccccc1Cl)c1ccc(C(=O)O)o1. The van der Waals surface area contributed by atoms with E-state index in [4.69, 9.17) is 21.1 Å². The molecule has 0 amide bonds. The number of furan rings is 1. The summed E-state index contributed by atoms with van der Waals surface area (Å²) >= 11 is 6.15. The molecule has 1 aromatic heterocycles. The maximum atomic E-state index is 10.8. The number of carboxylic acids is 1. The average Bonchev–Trinajstić information content (AvgIpc) is 2.88. The fourth-order valence-electron chi connectivity index (χ4n) is 2.07. The molecule has 0 saturated heterocycles. The highest BCUT2D eigenvalue weighted by atomic mass is 35.5. The normalized spacial score (nSPS) is 13.9. The molecule has 1 heterocycles. The first kappa shape index (κ1) is 14.6. The van der Waals surface area contributed by atoms with Crippen molar-refractivity contribution in [3.63, 3.8) is 0 Å². The summed E-state index contributed by atoms with van der Waals surface area (Å²) in [6.07, 6.45) is 0. The van der Waals surface area contributed by atoms with E-state index < -0.39 is 5.97 Å². The maximum absolute atomic E-state index is 10.8. The van der Waals surface area contributed by atoms with Crippen LogP contribution in [0, 0.1) is 0 Å². The summed E-state index contributed by atoms with van der Waals surface area (Å²) in [5.41, 5.74) is 0.992. The van der Waals surface area contributed by atoms with Gasteiger partial charge in [-0.15, -0.1) is 0 Å². The minimum atomic E-state index is -1.07. The standard InChI is InChI=1S/C15H16ClNO3/c1-9(11-5-3-4-6-12(11)16)17-10(2)13-7-8-14(20-13)15(18)19/h3-10,17H,1-2H3,(H,18,19). The Morgan fingerprint density at radius 1 is 1.20 bits per heavy atom. The first-order valence-corrected chi connectivity index (χ1v) is 6.70. The summed E-state index contributed by atoms with van der Waals surface area (Å²) in [5.74, 6) is -0.539. The fourth-order valence-corrected chi connectivity index (χ4v) is 2.37. The van der Waals surface area contributed by atoms with Crippen LogP contribution in [0.2, 0.25) is 5.02 Å². The van der Waals surface area contributed by atoms with Crippen molar-refractivity contribution in [2.75, 3.05) is 0 Å². The number of carboxylic acid groups (broad SMARTS) is 1. The monoisotopic (exact) mass is 293 g/mol. The van der Waals surface area contributed by atoms with Crippen LogP contribution in [0.3, 0.4) is 0 Å². The van der Waals surface area contributed by atoms with E-state index in [1.165, 1.54) is 6.07 Å². The molecule has 20 heavy (non-hydrogen) atoms. The highest BCUT2D eigenvalue weighted by molar-refractivity contribution is 6.31. The number of nitrogens with one attached hydrogen (secondary N) is 1. The lowest BCUT2D eigenvalue weighted by Gasteiger charge is -2.19. The summed E-state index contributed by atoms with van der Waals surface area (Å²) < 4.78 is 5.28. The number of benzene rings is 1. The second kappa shape index (κ2) is 6.11. The lowest BCUT2D eigenvalue weighted by atomic mass is 10.1. The molecule has 2 aromatic rings. The maximum Gasteiger partial charge on any atom is 0.371 e. The van der Waals surface area contributed by atoms with Gasteiger partial charge in [-0.25, -0.2) is 4.79 Å². The molecule has 0 fully saturated rings. The van der Waals surface area contributed by atoms with Gasteiger partial charge in [-0.1, -0.05) is 29.8 Å². The molecule has 1 aromatic carbocycles. The minimum absolute atomic E-state index is 0.0251.